The number of rotatable bonds is 11. The molecule has 4 aromatic rings. The number of thioether (sulfide) groups is 1. The zero-order valence-electron chi connectivity index (χ0n) is 20.5. The van der Waals surface area contributed by atoms with Crippen LogP contribution in [-0.2, 0) is 17.0 Å². The van der Waals surface area contributed by atoms with Gasteiger partial charge in [-0.15, -0.1) is 0 Å². The topological polar surface area (TPSA) is 69.0 Å². The summed E-state index contributed by atoms with van der Waals surface area (Å²) >= 11 is 1.68. The summed E-state index contributed by atoms with van der Waals surface area (Å²) in [5.41, 5.74) is 6.05. The van der Waals surface area contributed by atoms with Crippen molar-refractivity contribution in [2.75, 3.05) is 13.2 Å². The van der Waals surface area contributed by atoms with E-state index in [1.54, 1.807) is 11.8 Å². The molecular weight excluding hydrogens is 456 g/mol. The summed E-state index contributed by atoms with van der Waals surface area (Å²) in [4.78, 5) is 21.8. The van der Waals surface area contributed by atoms with Gasteiger partial charge in [-0.05, 0) is 62.6 Å². The Bertz CT molecular complexity index is 1250. The number of ether oxygens (including phenoxy) is 1. The highest BCUT2D eigenvalue weighted by Crippen LogP contribution is 2.27. The number of benzene rings is 2. The number of carbonyl (C=O) groups excluding carboxylic acids is 1. The first-order valence-electron chi connectivity index (χ1n) is 12.0. The van der Waals surface area contributed by atoms with Crippen LogP contribution < -0.4 is 5.32 Å². The fourth-order valence-electron chi connectivity index (χ4n) is 3.66. The Kier molecular flexibility index (Phi) is 8.55. The second-order valence-electron chi connectivity index (χ2n) is 8.83. The van der Waals surface area contributed by atoms with Gasteiger partial charge in [-0.3, -0.25) is 9.36 Å². The summed E-state index contributed by atoms with van der Waals surface area (Å²) in [6.45, 7) is 8.09. The number of imidazole rings is 1. The zero-order valence-corrected chi connectivity index (χ0v) is 21.3. The largest absolute Gasteiger partial charge is 0.379 e. The minimum Gasteiger partial charge on any atom is -0.379 e. The molecule has 0 fully saturated rings. The third-order valence-electron chi connectivity index (χ3n) is 5.57. The van der Waals surface area contributed by atoms with E-state index in [0.717, 1.165) is 40.6 Å². The molecule has 35 heavy (non-hydrogen) atoms. The molecule has 0 spiro atoms. The van der Waals surface area contributed by atoms with Crippen molar-refractivity contribution in [3.63, 3.8) is 0 Å². The van der Waals surface area contributed by atoms with Gasteiger partial charge in [0.15, 0.2) is 10.8 Å². The first kappa shape index (κ1) is 24.9. The van der Waals surface area contributed by atoms with Crippen LogP contribution in [0.15, 0.2) is 72.0 Å². The Morgan fingerprint density at radius 1 is 1.06 bits per heavy atom. The Morgan fingerprint density at radius 2 is 1.80 bits per heavy atom. The van der Waals surface area contributed by atoms with E-state index in [0.29, 0.717) is 18.7 Å². The van der Waals surface area contributed by atoms with Gasteiger partial charge in [0.2, 0.25) is 0 Å². The normalized spacial score (nSPS) is 11.3. The van der Waals surface area contributed by atoms with Crippen LogP contribution >= 0.6 is 11.8 Å². The molecule has 0 radical (unpaired) electrons. The predicted molar refractivity (Wildman–Crippen MR) is 142 cm³/mol. The van der Waals surface area contributed by atoms with E-state index >= 15 is 0 Å². The fraction of sp³-hybridized carbons (Fsp3) is 0.321. The average Bonchev–Trinajstić information content (AvgIpc) is 3.21. The van der Waals surface area contributed by atoms with Gasteiger partial charge in [0, 0.05) is 30.7 Å². The molecule has 0 atom stereocenters. The number of fused-ring (bicyclic) bond motifs is 1. The van der Waals surface area contributed by atoms with Gasteiger partial charge in [-0.1, -0.05) is 53.7 Å². The van der Waals surface area contributed by atoms with E-state index < -0.39 is 0 Å². The number of amides is 1. The molecule has 0 saturated carbocycles. The minimum atomic E-state index is -0.0558. The number of aryl methyl sites for hydroxylation is 1. The number of aromatic nitrogens is 3. The molecular formula is C28H32N4O2S. The van der Waals surface area contributed by atoms with E-state index in [2.05, 4.69) is 46.1 Å². The molecule has 7 heteroatoms. The third kappa shape index (κ3) is 6.93. The van der Waals surface area contributed by atoms with Gasteiger partial charge in [0.25, 0.3) is 5.91 Å². The van der Waals surface area contributed by atoms with Crippen molar-refractivity contribution < 1.29 is 9.53 Å². The molecule has 1 N–H and O–H groups in total. The first-order valence-corrected chi connectivity index (χ1v) is 13.0. The lowest BCUT2D eigenvalue weighted by atomic mass is 10.1. The molecule has 6 nitrogen and oxygen atoms in total. The predicted octanol–water partition coefficient (Wildman–Crippen LogP) is 5.63. The van der Waals surface area contributed by atoms with Crippen molar-refractivity contribution in [1.82, 2.24) is 19.9 Å². The summed E-state index contributed by atoms with van der Waals surface area (Å²) in [6.07, 6.45) is 2.83. The molecule has 2 heterocycles. The molecule has 1 amide bonds. The maximum Gasteiger partial charge on any atom is 0.251 e. The van der Waals surface area contributed by atoms with Gasteiger partial charge in [0.1, 0.15) is 5.52 Å². The highest BCUT2D eigenvalue weighted by Gasteiger charge is 2.13. The number of carbonyl (C=O) groups is 1. The van der Waals surface area contributed by atoms with E-state index in [9.17, 15) is 4.79 Å². The summed E-state index contributed by atoms with van der Waals surface area (Å²) in [5, 5.41) is 3.89. The fourth-order valence-corrected chi connectivity index (χ4v) is 4.62. The number of hydrogen-bond acceptors (Lipinski definition) is 5. The molecule has 4 rings (SSSR count). The first-order chi connectivity index (χ1) is 17.0. The Morgan fingerprint density at radius 3 is 2.54 bits per heavy atom. The summed E-state index contributed by atoms with van der Waals surface area (Å²) in [7, 11) is 0. The molecule has 0 saturated heterocycles. The van der Waals surface area contributed by atoms with Crippen LogP contribution in [0.4, 0.5) is 0 Å². The van der Waals surface area contributed by atoms with Crippen molar-refractivity contribution in [2.24, 2.45) is 0 Å². The van der Waals surface area contributed by atoms with Gasteiger partial charge in [-0.25, -0.2) is 9.97 Å². The standard InChI is InChI=1S/C28H32N4O2S/c1-20(2)34-17-5-16-30-27(33)24-13-11-23(12-14-24)19-35-28-31-25-6-4-15-29-26(25)32(28)18-22-9-7-21(3)8-10-22/h4,6-15,20H,5,16-19H2,1-3H3,(H,30,33). The molecule has 182 valence electrons. The molecule has 0 bridgehead atoms. The number of nitrogens with one attached hydrogen (secondary N) is 1. The van der Waals surface area contributed by atoms with E-state index in [4.69, 9.17) is 9.72 Å². The van der Waals surface area contributed by atoms with Crippen molar-refractivity contribution in [2.45, 2.75) is 50.8 Å². The second kappa shape index (κ2) is 12.0. The second-order valence-corrected chi connectivity index (χ2v) is 9.77. The summed E-state index contributed by atoms with van der Waals surface area (Å²) in [6, 6.07) is 20.3. The molecule has 2 aromatic carbocycles. The smallest absolute Gasteiger partial charge is 0.251 e. The van der Waals surface area contributed by atoms with Gasteiger partial charge >= 0.3 is 0 Å². The lowest BCUT2D eigenvalue weighted by molar-refractivity contribution is 0.0757. The molecule has 0 aliphatic rings. The van der Waals surface area contributed by atoms with Crippen LogP contribution in [0.25, 0.3) is 11.2 Å². The average molecular weight is 489 g/mol. The van der Waals surface area contributed by atoms with Gasteiger partial charge < -0.3 is 10.1 Å². The summed E-state index contributed by atoms with van der Waals surface area (Å²) in [5.74, 6) is 0.700. The zero-order chi connectivity index (χ0) is 24.6. The quantitative estimate of drug-likeness (QED) is 0.219. The van der Waals surface area contributed by atoms with Crippen LogP contribution in [0.2, 0.25) is 0 Å². The van der Waals surface area contributed by atoms with E-state index in [1.165, 1.54) is 11.1 Å². The van der Waals surface area contributed by atoms with Crippen LogP contribution in [-0.4, -0.2) is 39.7 Å². The van der Waals surface area contributed by atoms with Crippen molar-refractivity contribution in [3.05, 3.63) is 89.1 Å². The number of nitrogens with zero attached hydrogens (tertiary/aromatic N) is 3. The highest BCUT2D eigenvalue weighted by molar-refractivity contribution is 7.98. The lowest BCUT2D eigenvalue weighted by Gasteiger charge is -2.10. The van der Waals surface area contributed by atoms with Crippen LogP contribution in [0.5, 0.6) is 0 Å². The Labute approximate surface area is 211 Å². The van der Waals surface area contributed by atoms with Crippen molar-refractivity contribution in [3.8, 4) is 0 Å². The van der Waals surface area contributed by atoms with Gasteiger partial charge in [0.05, 0.1) is 12.6 Å². The van der Waals surface area contributed by atoms with Crippen LogP contribution in [0.3, 0.4) is 0 Å². The SMILES string of the molecule is Cc1ccc(Cn2c(SCc3ccc(C(=O)NCCCOC(C)C)cc3)nc3cccnc32)cc1. The highest BCUT2D eigenvalue weighted by atomic mass is 32.2. The van der Waals surface area contributed by atoms with Crippen LogP contribution in [0.1, 0.15) is 47.3 Å². The molecule has 2 aromatic heterocycles. The third-order valence-corrected chi connectivity index (χ3v) is 6.62. The molecule has 0 aliphatic heterocycles. The number of hydrogen-bond donors (Lipinski definition) is 1. The maximum absolute atomic E-state index is 12.4. The lowest BCUT2D eigenvalue weighted by Crippen LogP contribution is -2.25. The van der Waals surface area contributed by atoms with Crippen molar-refractivity contribution >= 4 is 28.8 Å². The van der Waals surface area contributed by atoms with Crippen molar-refractivity contribution in [1.29, 1.82) is 0 Å². The molecule has 0 unspecified atom stereocenters. The van der Waals surface area contributed by atoms with E-state index in [-0.39, 0.29) is 12.0 Å². The number of pyridine rings is 1. The summed E-state index contributed by atoms with van der Waals surface area (Å²) < 4.78 is 7.69. The monoisotopic (exact) mass is 488 g/mol. The Hall–Kier alpha value is -3.16. The van der Waals surface area contributed by atoms with E-state index in [1.807, 2.05) is 56.4 Å². The molecule has 0 aliphatic carbocycles. The minimum absolute atomic E-state index is 0.0558. The maximum atomic E-state index is 12.4. The van der Waals surface area contributed by atoms with Crippen LogP contribution in [0, 0.1) is 6.92 Å². The van der Waals surface area contributed by atoms with Gasteiger partial charge in [-0.2, -0.15) is 0 Å². The Balaban J connectivity index is 1.38.